The van der Waals surface area contributed by atoms with Gasteiger partial charge in [-0.1, -0.05) is 17.3 Å². The molecular weight excluding hydrogens is 690 g/mol. The van der Waals surface area contributed by atoms with Crippen LogP contribution in [0.15, 0.2) is 29.2 Å². The van der Waals surface area contributed by atoms with Crippen molar-refractivity contribution >= 4 is 16.1 Å². The minimum Gasteiger partial charge on any atom is -0.549 e. The molecule has 1 aliphatic heterocycles. The van der Waals surface area contributed by atoms with E-state index >= 15 is 0 Å². The van der Waals surface area contributed by atoms with Gasteiger partial charge in [-0.05, 0) is 44.0 Å². The van der Waals surface area contributed by atoms with Crippen molar-refractivity contribution in [2.24, 2.45) is 5.92 Å². The fourth-order valence-electron chi connectivity index (χ4n) is 3.72. The number of nitrogens with zero attached hydrogens (tertiary/aromatic N) is 1. The Morgan fingerprint density at radius 1 is 1.32 bits per heavy atom. The van der Waals surface area contributed by atoms with Gasteiger partial charge in [-0.15, -0.1) is 5.92 Å². The molecule has 1 aliphatic carbocycles. The fourth-order valence-corrected chi connectivity index (χ4v) is 5.02. The number of alkyl carbamates (subject to hydrolysis) is 1. The maximum atomic E-state index is 13.2. The number of aliphatic hydroxyl groups is 1. The molecule has 1 unspecified atom stereocenters. The van der Waals surface area contributed by atoms with E-state index in [1.807, 2.05) is 0 Å². The Kier molecular flexibility index (Phi) is 11.6. The first-order valence-electron chi connectivity index (χ1n) is 11.1. The summed E-state index contributed by atoms with van der Waals surface area (Å²) in [6, 6.07) is 4.23. The Hall–Kier alpha value is -0.868. The van der Waals surface area contributed by atoms with Gasteiger partial charge in [-0.2, -0.15) is 0 Å². The molecule has 1 aromatic rings. The van der Waals surface area contributed by atoms with E-state index < -0.39 is 40.9 Å². The van der Waals surface area contributed by atoms with Crippen LogP contribution in [0, 0.1) is 50.6 Å². The summed E-state index contributed by atoms with van der Waals surface area (Å²) in [6.07, 6.45) is 1.03. The molecule has 3 rings (SSSR count). The monoisotopic (exact) mass is 722 g/mol. The topological polar surface area (TPSA) is 135 Å². The van der Waals surface area contributed by atoms with Gasteiger partial charge in [0.05, 0.1) is 35.8 Å². The number of benzene rings is 1. The molecule has 0 radical (unpaired) electrons. The molecule has 1 saturated heterocycles. The van der Waals surface area contributed by atoms with E-state index in [0.717, 1.165) is 17.3 Å². The molecule has 0 aromatic heterocycles. The van der Waals surface area contributed by atoms with Crippen LogP contribution in [0.2, 0.25) is 0 Å². The van der Waals surface area contributed by atoms with E-state index in [0.29, 0.717) is 19.3 Å². The number of carbonyl (C=O) groups excluding carboxylic acids is 1. The van der Waals surface area contributed by atoms with Crippen molar-refractivity contribution in [3.05, 3.63) is 37.8 Å². The number of sulfonamides is 1. The van der Waals surface area contributed by atoms with E-state index in [1.165, 1.54) is 24.3 Å². The number of aromatic hydroxyl groups is 1. The average molecular weight is 723 g/mol. The van der Waals surface area contributed by atoms with Crippen LogP contribution in [0.1, 0.15) is 39.0 Å². The predicted molar refractivity (Wildman–Crippen MR) is 118 cm³/mol. The number of aliphatic hydroxyl groups excluding tert-OH is 1. The van der Waals surface area contributed by atoms with Gasteiger partial charge in [0.15, 0.2) is 0 Å². The van der Waals surface area contributed by atoms with Crippen LogP contribution in [0.25, 0.3) is 0 Å². The third-order valence-electron chi connectivity index (χ3n) is 5.83. The first-order chi connectivity index (χ1) is 15.7. The number of amides is 1. The Bertz CT molecular complexity index is 879. The SMILES string of the molecule is [CH2-]C[C@@H]1[CH-]OCC1OC(=O)N[C@@H](C)[C@H](O)CN(OC1CCCC1)S(=O)(=O)c1ccc(O)cc1.[U+2]. The first-order valence-corrected chi connectivity index (χ1v) is 12.5. The molecule has 3 N–H and O–H groups in total. The van der Waals surface area contributed by atoms with Gasteiger partial charge in [0.2, 0.25) is 0 Å². The summed E-state index contributed by atoms with van der Waals surface area (Å²) in [7, 11) is -4.12. The van der Waals surface area contributed by atoms with Gasteiger partial charge < -0.3 is 31.9 Å². The van der Waals surface area contributed by atoms with Crippen LogP contribution in [0.4, 0.5) is 4.79 Å². The summed E-state index contributed by atoms with van der Waals surface area (Å²) < 4.78 is 37.7. The van der Waals surface area contributed by atoms with E-state index in [-0.39, 0.29) is 60.4 Å². The summed E-state index contributed by atoms with van der Waals surface area (Å²) in [6.45, 7) is 6.76. The van der Waals surface area contributed by atoms with Crippen molar-refractivity contribution in [3.63, 3.8) is 0 Å². The number of hydroxylamine groups is 1. The van der Waals surface area contributed by atoms with Crippen molar-refractivity contribution in [1.29, 1.82) is 0 Å². The second kappa shape index (κ2) is 13.4. The molecule has 10 nitrogen and oxygen atoms in total. The summed E-state index contributed by atoms with van der Waals surface area (Å²) in [4.78, 5) is 18.0. The van der Waals surface area contributed by atoms with Crippen molar-refractivity contribution in [1.82, 2.24) is 9.79 Å². The number of rotatable bonds is 10. The van der Waals surface area contributed by atoms with Gasteiger partial charge >= 0.3 is 37.2 Å². The van der Waals surface area contributed by atoms with Crippen LogP contribution in [-0.4, -0.2) is 66.7 Å². The maximum absolute atomic E-state index is 13.2. The minimum absolute atomic E-state index is 0. The third-order valence-corrected chi connectivity index (χ3v) is 7.47. The molecule has 2 fully saturated rings. The first kappa shape index (κ1) is 29.4. The maximum Gasteiger partial charge on any atom is 2.00 e. The number of hydrogen-bond acceptors (Lipinski definition) is 8. The molecule has 2 aliphatic rings. The van der Waals surface area contributed by atoms with Gasteiger partial charge in [0.1, 0.15) is 5.75 Å². The average Bonchev–Trinajstić information content (AvgIpc) is 3.45. The molecule has 0 bridgehead atoms. The minimum atomic E-state index is -4.12. The largest absolute Gasteiger partial charge is 2.00 e. The van der Waals surface area contributed by atoms with Gasteiger partial charge in [-0.25, -0.2) is 26.2 Å². The smallest absolute Gasteiger partial charge is 0.549 e. The summed E-state index contributed by atoms with van der Waals surface area (Å²) in [5, 5.41) is 22.7. The zero-order valence-corrected chi connectivity index (χ0v) is 24.1. The van der Waals surface area contributed by atoms with E-state index in [2.05, 4.69) is 12.2 Å². The molecular formula is C22H32N2O8SU. The van der Waals surface area contributed by atoms with Crippen LogP contribution in [-0.2, 0) is 24.3 Å². The molecule has 34 heavy (non-hydrogen) atoms. The second-order valence-electron chi connectivity index (χ2n) is 8.36. The molecule has 1 heterocycles. The van der Waals surface area contributed by atoms with Crippen molar-refractivity contribution < 1.29 is 68.8 Å². The van der Waals surface area contributed by atoms with Crippen LogP contribution >= 0.6 is 0 Å². The van der Waals surface area contributed by atoms with E-state index in [4.69, 9.17) is 14.3 Å². The predicted octanol–water partition coefficient (Wildman–Crippen LogP) is 2.13. The number of ether oxygens (including phenoxy) is 2. The Balaban J connectivity index is 0.00000408. The standard InChI is InChI=1S/C22H32N2O8S.U/c1-3-16-13-30-14-21(16)31-22(27)23-15(2)20(26)12-24(32-18-6-4-5-7-18)33(28,29)19-10-8-17(25)9-11-19;/h8-11,13,15-16,18,20-21,25-26H,1,3-7,12,14H2,2H3,(H,23,27);/q-2;+2/t15-,16+,20+,21?;/m0./s1. The second-order valence-corrected chi connectivity index (χ2v) is 10.2. The third kappa shape index (κ3) is 7.82. The number of carbonyl (C=O) groups is 1. The molecule has 1 amide bonds. The van der Waals surface area contributed by atoms with E-state index in [9.17, 15) is 23.4 Å². The van der Waals surface area contributed by atoms with Crippen molar-refractivity contribution in [3.8, 4) is 5.75 Å². The molecule has 4 atom stereocenters. The Morgan fingerprint density at radius 3 is 2.59 bits per heavy atom. The number of nitrogens with one attached hydrogen (secondary N) is 1. The quantitative estimate of drug-likeness (QED) is 0.247. The van der Waals surface area contributed by atoms with Crippen molar-refractivity contribution in [2.45, 2.75) is 68.3 Å². The number of hydrogen-bond donors (Lipinski definition) is 3. The van der Waals surface area contributed by atoms with Crippen LogP contribution in [0.5, 0.6) is 5.75 Å². The molecule has 12 heteroatoms. The molecule has 188 valence electrons. The summed E-state index contributed by atoms with van der Waals surface area (Å²) in [5.74, 6) is -0.179. The fraction of sp³-hybridized carbons (Fsp3) is 0.591. The zero-order chi connectivity index (χ0) is 24.0. The normalized spacial score (nSPS) is 22.8. The van der Waals surface area contributed by atoms with Crippen LogP contribution < -0.4 is 5.32 Å². The molecule has 1 aromatic carbocycles. The van der Waals surface area contributed by atoms with Crippen LogP contribution in [0.3, 0.4) is 0 Å². The number of phenolic OH excluding ortho intramolecular Hbond substituents is 1. The Labute approximate surface area is 224 Å². The van der Waals surface area contributed by atoms with Crippen molar-refractivity contribution in [2.75, 3.05) is 13.2 Å². The molecule has 0 spiro atoms. The van der Waals surface area contributed by atoms with Gasteiger partial charge in [-0.3, -0.25) is 4.84 Å². The number of phenols is 1. The summed E-state index contributed by atoms with van der Waals surface area (Å²) in [5.41, 5.74) is 0. The zero-order valence-electron chi connectivity index (χ0n) is 19.1. The van der Waals surface area contributed by atoms with Gasteiger partial charge in [0, 0.05) is 6.61 Å². The molecule has 1 saturated carbocycles. The van der Waals surface area contributed by atoms with Gasteiger partial charge in [0.25, 0.3) is 10.0 Å². The van der Waals surface area contributed by atoms with E-state index in [1.54, 1.807) is 13.5 Å². The summed E-state index contributed by atoms with van der Waals surface area (Å²) >= 11 is 0. The Morgan fingerprint density at radius 2 is 1.97 bits per heavy atom.